The number of nitrogens with two attached hydrogens (primary N) is 1. The van der Waals surface area contributed by atoms with Gasteiger partial charge in [0.25, 0.3) is 0 Å². The Kier molecular flexibility index (Phi) is 5.88. The molecule has 0 radical (unpaired) electrons. The van der Waals surface area contributed by atoms with E-state index in [9.17, 15) is 9.59 Å². The Morgan fingerprint density at radius 1 is 0.971 bits per heavy atom. The van der Waals surface area contributed by atoms with Gasteiger partial charge >= 0.3 is 11.9 Å². The predicted molar refractivity (Wildman–Crippen MR) is 121 cm³/mol. The van der Waals surface area contributed by atoms with Crippen LogP contribution in [0.2, 0.25) is 0 Å². The number of aromatic nitrogens is 4. The van der Waals surface area contributed by atoms with Crippen LogP contribution in [0.3, 0.4) is 0 Å². The average molecular weight is 459 g/mol. The first-order valence-electron chi connectivity index (χ1n) is 10.7. The normalized spacial score (nSPS) is 19.7. The van der Waals surface area contributed by atoms with Crippen molar-refractivity contribution in [1.82, 2.24) is 19.5 Å². The molecule has 10 heteroatoms. The molecule has 1 aliphatic heterocycles. The minimum absolute atomic E-state index is 0.0965. The lowest BCUT2D eigenvalue weighted by Gasteiger charge is -2.19. The predicted octanol–water partition coefficient (Wildman–Crippen LogP) is 2.78. The number of nitrogens with zero attached hydrogens (tertiary/aromatic N) is 4. The van der Waals surface area contributed by atoms with Gasteiger partial charge in [-0.15, -0.1) is 0 Å². The summed E-state index contributed by atoms with van der Waals surface area (Å²) in [4.78, 5) is 37.6. The number of hydrogen-bond donors (Lipinski definition) is 1. The van der Waals surface area contributed by atoms with Crippen molar-refractivity contribution in [3.05, 3.63) is 84.4 Å². The van der Waals surface area contributed by atoms with Crippen LogP contribution >= 0.6 is 0 Å². The Balaban J connectivity index is 1.36. The second kappa shape index (κ2) is 9.28. The van der Waals surface area contributed by atoms with Gasteiger partial charge in [0, 0.05) is 6.42 Å². The quantitative estimate of drug-likeness (QED) is 0.432. The van der Waals surface area contributed by atoms with Crippen molar-refractivity contribution in [1.29, 1.82) is 0 Å². The maximum atomic E-state index is 12.7. The van der Waals surface area contributed by atoms with Crippen molar-refractivity contribution in [2.75, 3.05) is 12.3 Å². The highest BCUT2D eigenvalue weighted by Gasteiger charge is 2.40. The zero-order chi connectivity index (χ0) is 23.5. The van der Waals surface area contributed by atoms with E-state index < -0.39 is 30.4 Å². The molecule has 1 saturated heterocycles. The number of nitrogen functional groups attached to an aromatic ring is 1. The standard InChI is InChI=1S/C24H21N5O5/c25-21-20-22(27-13-26-21)29(14-28-20)19-11-17(34-24(31)16-9-5-2-6-10-16)18(33-19)12-32-23(30)15-7-3-1-4-8-15/h1-10,13-14,17-19H,11-12H2,(H2,25,26,27)/t17-,18-,19+/m0/s1. The van der Waals surface area contributed by atoms with E-state index in [1.54, 1.807) is 59.4 Å². The van der Waals surface area contributed by atoms with E-state index in [0.29, 0.717) is 28.7 Å². The minimum atomic E-state index is -0.693. The molecule has 0 bridgehead atoms. The second-order valence-electron chi connectivity index (χ2n) is 7.72. The summed E-state index contributed by atoms with van der Waals surface area (Å²) in [5, 5.41) is 0. The third-order valence-corrected chi connectivity index (χ3v) is 5.53. The Labute approximate surface area is 194 Å². The van der Waals surface area contributed by atoms with Crippen molar-refractivity contribution in [3.8, 4) is 0 Å². The second-order valence-corrected chi connectivity index (χ2v) is 7.72. The molecule has 34 heavy (non-hydrogen) atoms. The van der Waals surface area contributed by atoms with E-state index in [0.717, 1.165) is 0 Å². The fourth-order valence-electron chi connectivity index (χ4n) is 3.82. The highest BCUT2D eigenvalue weighted by Crippen LogP contribution is 2.34. The molecular weight excluding hydrogens is 438 g/mol. The number of carbonyl (C=O) groups excluding carboxylic acids is 2. The molecule has 0 saturated carbocycles. The van der Waals surface area contributed by atoms with Gasteiger partial charge in [-0.05, 0) is 24.3 Å². The summed E-state index contributed by atoms with van der Waals surface area (Å²) < 4.78 is 19.1. The summed E-state index contributed by atoms with van der Waals surface area (Å²) in [6, 6.07) is 17.3. The molecule has 2 N–H and O–H groups in total. The number of esters is 2. The third kappa shape index (κ3) is 4.30. The Morgan fingerprint density at radius 2 is 1.65 bits per heavy atom. The molecule has 2 aromatic carbocycles. The average Bonchev–Trinajstić information content (AvgIpc) is 3.48. The molecule has 0 aliphatic carbocycles. The van der Waals surface area contributed by atoms with Crippen LogP contribution in [0.4, 0.5) is 5.82 Å². The van der Waals surface area contributed by atoms with Crippen LogP contribution in [-0.2, 0) is 14.2 Å². The fourth-order valence-corrected chi connectivity index (χ4v) is 3.82. The van der Waals surface area contributed by atoms with E-state index in [1.165, 1.54) is 6.33 Å². The van der Waals surface area contributed by atoms with Crippen molar-refractivity contribution in [3.63, 3.8) is 0 Å². The van der Waals surface area contributed by atoms with Crippen molar-refractivity contribution in [2.24, 2.45) is 0 Å². The van der Waals surface area contributed by atoms with Crippen LogP contribution < -0.4 is 5.73 Å². The zero-order valence-corrected chi connectivity index (χ0v) is 18.0. The molecule has 5 rings (SSSR count). The molecule has 3 atom stereocenters. The highest BCUT2D eigenvalue weighted by molar-refractivity contribution is 5.90. The number of anilines is 1. The lowest BCUT2D eigenvalue weighted by molar-refractivity contribution is -0.0563. The van der Waals surface area contributed by atoms with Gasteiger partial charge in [0.2, 0.25) is 0 Å². The van der Waals surface area contributed by atoms with Gasteiger partial charge in [0.05, 0.1) is 17.5 Å². The first-order chi connectivity index (χ1) is 16.6. The van der Waals surface area contributed by atoms with Crippen LogP contribution in [0.1, 0.15) is 33.4 Å². The lowest BCUT2D eigenvalue weighted by Crippen LogP contribution is -2.32. The zero-order valence-electron chi connectivity index (χ0n) is 18.0. The summed E-state index contributed by atoms with van der Waals surface area (Å²) in [7, 11) is 0. The minimum Gasteiger partial charge on any atom is -0.459 e. The number of benzene rings is 2. The van der Waals surface area contributed by atoms with Crippen molar-refractivity contribution in [2.45, 2.75) is 24.9 Å². The number of ether oxygens (including phenoxy) is 3. The molecule has 1 aliphatic rings. The van der Waals surface area contributed by atoms with Gasteiger partial charge in [-0.3, -0.25) is 4.57 Å². The van der Waals surface area contributed by atoms with Gasteiger partial charge < -0.3 is 19.9 Å². The Morgan fingerprint density at radius 3 is 2.35 bits per heavy atom. The molecule has 0 unspecified atom stereocenters. The van der Waals surface area contributed by atoms with Crippen LogP contribution in [0.15, 0.2) is 73.3 Å². The van der Waals surface area contributed by atoms with E-state index in [-0.39, 0.29) is 12.4 Å². The number of hydrogen-bond acceptors (Lipinski definition) is 9. The highest BCUT2D eigenvalue weighted by atomic mass is 16.6. The third-order valence-electron chi connectivity index (χ3n) is 5.53. The topological polar surface area (TPSA) is 131 Å². The molecule has 4 aromatic rings. The van der Waals surface area contributed by atoms with Crippen LogP contribution in [0.5, 0.6) is 0 Å². The molecule has 2 aromatic heterocycles. The Bertz CT molecular complexity index is 1310. The molecule has 172 valence electrons. The first-order valence-corrected chi connectivity index (χ1v) is 10.7. The summed E-state index contributed by atoms with van der Waals surface area (Å²) in [6.07, 6.45) is 1.28. The van der Waals surface area contributed by atoms with Crippen LogP contribution in [0, 0.1) is 0 Å². The van der Waals surface area contributed by atoms with E-state index >= 15 is 0 Å². The molecule has 3 heterocycles. The van der Waals surface area contributed by atoms with E-state index in [2.05, 4.69) is 15.0 Å². The first kappa shape index (κ1) is 21.5. The molecule has 10 nitrogen and oxygen atoms in total. The summed E-state index contributed by atoms with van der Waals surface area (Å²) in [5.74, 6) is -0.729. The number of carbonyl (C=O) groups is 2. The number of rotatable bonds is 6. The van der Waals surface area contributed by atoms with Crippen molar-refractivity contribution >= 4 is 28.9 Å². The van der Waals surface area contributed by atoms with Gasteiger partial charge in [-0.2, -0.15) is 0 Å². The maximum absolute atomic E-state index is 12.7. The van der Waals surface area contributed by atoms with Gasteiger partial charge in [0.1, 0.15) is 36.9 Å². The smallest absolute Gasteiger partial charge is 0.338 e. The molecule has 0 amide bonds. The SMILES string of the molecule is Nc1ncnc2c1ncn2[C@H]1C[C@H](OC(=O)c2ccccc2)[C@H](COC(=O)c2ccccc2)O1. The van der Waals surface area contributed by atoms with Gasteiger partial charge in [0.15, 0.2) is 11.5 Å². The Hall–Kier alpha value is -4.31. The largest absolute Gasteiger partial charge is 0.459 e. The summed E-state index contributed by atoms with van der Waals surface area (Å²) >= 11 is 0. The lowest BCUT2D eigenvalue weighted by atomic mass is 10.1. The van der Waals surface area contributed by atoms with Gasteiger partial charge in [-0.25, -0.2) is 24.5 Å². The number of fused-ring (bicyclic) bond motifs is 1. The fraction of sp³-hybridized carbons (Fsp3) is 0.208. The maximum Gasteiger partial charge on any atom is 0.338 e. The molecule has 0 spiro atoms. The van der Waals surface area contributed by atoms with Crippen molar-refractivity contribution < 1.29 is 23.8 Å². The van der Waals surface area contributed by atoms with Gasteiger partial charge in [-0.1, -0.05) is 36.4 Å². The van der Waals surface area contributed by atoms with E-state index in [1.807, 2.05) is 12.1 Å². The van der Waals surface area contributed by atoms with Crippen LogP contribution in [-0.4, -0.2) is 50.3 Å². The number of imidazole rings is 1. The van der Waals surface area contributed by atoms with Crippen LogP contribution in [0.25, 0.3) is 11.2 Å². The summed E-state index contributed by atoms with van der Waals surface area (Å²) in [6.45, 7) is -0.0965. The van der Waals surface area contributed by atoms with E-state index in [4.69, 9.17) is 19.9 Å². The molecular formula is C24H21N5O5. The molecule has 1 fully saturated rings. The summed E-state index contributed by atoms with van der Waals surface area (Å²) in [5.41, 5.74) is 7.67. The monoisotopic (exact) mass is 459 g/mol.